The SMILES string of the molecule is O=C(Nc1cccc(C(F)(F)F)c1)Nc1ccc(Oc2ccc(Cl)cc2Cl)cc1S(=O)(=O)O. The van der Waals surface area contributed by atoms with E-state index in [4.69, 9.17) is 27.9 Å². The highest BCUT2D eigenvalue weighted by Crippen LogP contribution is 2.34. The van der Waals surface area contributed by atoms with E-state index in [0.29, 0.717) is 11.1 Å². The zero-order valence-corrected chi connectivity index (χ0v) is 18.5. The number of ether oxygens (including phenoxy) is 1. The number of carbonyl (C=O) groups excluding carboxylic acids is 1. The van der Waals surface area contributed by atoms with Crippen molar-refractivity contribution < 1.29 is 35.7 Å². The van der Waals surface area contributed by atoms with Gasteiger partial charge in [-0.15, -0.1) is 0 Å². The van der Waals surface area contributed by atoms with Crippen LogP contribution in [0.15, 0.2) is 65.6 Å². The molecule has 0 spiro atoms. The summed E-state index contributed by atoms with van der Waals surface area (Å²) in [7, 11) is -4.84. The largest absolute Gasteiger partial charge is 0.456 e. The number of halogens is 5. The van der Waals surface area contributed by atoms with Crippen molar-refractivity contribution in [2.75, 3.05) is 10.6 Å². The first-order chi connectivity index (χ1) is 15.3. The molecular weight excluding hydrogens is 508 g/mol. The third kappa shape index (κ3) is 6.51. The van der Waals surface area contributed by atoms with Crippen LogP contribution in [0.25, 0.3) is 0 Å². The van der Waals surface area contributed by atoms with Gasteiger partial charge in [-0.3, -0.25) is 4.55 Å². The molecule has 174 valence electrons. The summed E-state index contributed by atoms with van der Waals surface area (Å²) in [4.78, 5) is 11.5. The highest BCUT2D eigenvalue weighted by atomic mass is 35.5. The number of hydrogen-bond acceptors (Lipinski definition) is 4. The van der Waals surface area contributed by atoms with E-state index in [2.05, 4.69) is 10.6 Å². The van der Waals surface area contributed by atoms with Crippen LogP contribution in [0.2, 0.25) is 10.0 Å². The third-order valence-corrected chi connectivity index (χ3v) is 5.47. The summed E-state index contributed by atoms with van der Waals surface area (Å²) in [5.41, 5.74) is -1.52. The predicted molar refractivity (Wildman–Crippen MR) is 117 cm³/mol. The van der Waals surface area contributed by atoms with Crippen LogP contribution >= 0.6 is 23.2 Å². The van der Waals surface area contributed by atoms with Crippen LogP contribution in [0.3, 0.4) is 0 Å². The van der Waals surface area contributed by atoms with E-state index in [9.17, 15) is 30.9 Å². The Labute approximate surface area is 195 Å². The fraction of sp³-hybridized carbons (Fsp3) is 0.0500. The smallest absolute Gasteiger partial charge is 0.416 e. The van der Waals surface area contributed by atoms with Crippen molar-refractivity contribution in [1.82, 2.24) is 0 Å². The Morgan fingerprint density at radius 2 is 1.70 bits per heavy atom. The number of nitrogens with one attached hydrogen (secondary N) is 2. The molecule has 0 aliphatic carbocycles. The first kappa shape index (κ1) is 24.6. The number of rotatable bonds is 5. The molecule has 0 saturated carbocycles. The average Bonchev–Trinajstić information content (AvgIpc) is 2.70. The lowest BCUT2D eigenvalue weighted by atomic mass is 10.2. The van der Waals surface area contributed by atoms with E-state index in [1.165, 1.54) is 30.3 Å². The fourth-order valence-corrected chi connectivity index (χ4v) is 3.73. The van der Waals surface area contributed by atoms with Crippen molar-refractivity contribution in [3.05, 3.63) is 76.3 Å². The van der Waals surface area contributed by atoms with Crippen molar-refractivity contribution in [2.45, 2.75) is 11.1 Å². The first-order valence-corrected chi connectivity index (χ1v) is 11.0. The number of benzene rings is 3. The van der Waals surface area contributed by atoms with Crippen LogP contribution in [0.1, 0.15) is 5.56 Å². The van der Waals surface area contributed by atoms with Crippen LogP contribution in [-0.2, 0) is 16.3 Å². The van der Waals surface area contributed by atoms with Gasteiger partial charge in [0.25, 0.3) is 10.1 Å². The summed E-state index contributed by atoms with van der Waals surface area (Å²) in [6.45, 7) is 0. The summed E-state index contributed by atoms with van der Waals surface area (Å²) in [5, 5.41) is 4.81. The second kappa shape index (κ2) is 9.48. The highest BCUT2D eigenvalue weighted by Gasteiger charge is 2.30. The molecule has 3 rings (SSSR count). The molecule has 0 bridgehead atoms. The number of carbonyl (C=O) groups is 1. The maximum atomic E-state index is 12.8. The van der Waals surface area contributed by atoms with Gasteiger partial charge < -0.3 is 15.4 Å². The Morgan fingerprint density at radius 3 is 2.33 bits per heavy atom. The molecule has 13 heteroatoms. The number of amides is 2. The van der Waals surface area contributed by atoms with Crippen LogP contribution < -0.4 is 15.4 Å². The number of urea groups is 1. The molecular formula is C20H13Cl2F3N2O5S. The molecule has 3 aromatic rings. The summed E-state index contributed by atoms with van der Waals surface area (Å²) in [6, 6.07) is 10.4. The van der Waals surface area contributed by atoms with Crippen molar-refractivity contribution in [3.63, 3.8) is 0 Å². The minimum atomic E-state index is -4.84. The van der Waals surface area contributed by atoms with Gasteiger partial charge >= 0.3 is 12.2 Å². The lowest BCUT2D eigenvalue weighted by Gasteiger charge is -2.14. The van der Waals surface area contributed by atoms with E-state index in [1.807, 2.05) is 0 Å². The minimum Gasteiger partial charge on any atom is -0.456 e. The standard InChI is InChI=1S/C20H13Cl2F3N2O5S/c21-12-4-7-17(15(22)9-12)32-14-5-6-16(18(10-14)33(29,30)31)27-19(28)26-13-3-1-2-11(8-13)20(23,24)25/h1-10H,(H2,26,27,28)(H,29,30,31). The average molecular weight is 521 g/mol. The van der Waals surface area contributed by atoms with E-state index in [1.54, 1.807) is 0 Å². The molecule has 0 aromatic heterocycles. The molecule has 0 unspecified atom stereocenters. The minimum absolute atomic E-state index is 0.0457. The van der Waals surface area contributed by atoms with Gasteiger partial charge in [-0.2, -0.15) is 21.6 Å². The summed E-state index contributed by atoms with van der Waals surface area (Å²) < 4.78 is 77.2. The molecule has 0 heterocycles. The molecule has 3 aromatic carbocycles. The van der Waals surface area contributed by atoms with Crippen molar-refractivity contribution in [2.24, 2.45) is 0 Å². The van der Waals surface area contributed by atoms with Crippen LogP contribution in [-0.4, -0.2) is 19.0 Å². The van der Waals surface area contributed by atoms with Crippen molar-refractivity contribution in [1.29, 1.82) is 0 Å². The van der Waals surface area contributed by atoms with Gasteiger partial charge in [0.05, 0.1) is 16.3 Å². The molecule has 0 atom stereocenters. The van der Waals surface area contributed by atoms with Gasteiger partial charge in [0.2, 0.25) is 0 Å². The van der Waals surface area contributed by atoms with E-state index in [0.717, 1.165) is 24.3 Å². The third-order valence-electron chi connectivity index (χ3n) is 4.05. The molecule has 2 amide bonds. The zero-order chi connectivity index (χ0) is 24.4. The zero-order valence-electron chi connectivity index (χ0n) is 16.2. The Kier molecular flexibility index (Phi) is 7.08. The Morgan fingerprint density at radius 1 is 0.970 bits per heavy atom. The van der Waals surface area contributed by atoms with E-state index in [-0.39, 0.29) is 27.9 Å². The molecule has 33 heavy (non-hydrogen) atoms. The highest BCUT2D eigenvalue weighted by molar-refractivity contribution is 7.86. The van der Waals surface area contributed by atoms with Gasteiger partial charge in [-0.05, 0) is 48.5 Å². The molecule has 0 radical (unpaired) electrons. The molecule has 0 fully saturated rings. The van der Waals surface area contributed by atoms with Crippen LogP contribution in [0, 0.1) is 0 Å². The Hall–Kier alpha value is -2.99. The lowest BCUT2D eigenvalue weighted by molar-refractivity contribution is -0.137. The van der Waals surface area contributed by atoms with Gasteiger partial charge in [0.15, 0.2) is 0 Å². The normalized spacial score (nSPS) is 11.7. The molecule has 3 N–H and O–H groups in total. The van der Waals surface area contributed by atoms with Gasteiger partial charge in [0.1, 0.15) is 16.4 Å². The number of anilines is 2. The number of alkyl halides is 3. The lowest BCUT2D eigenvalue weighted by Crippen LogP contribution is -2.21. The second-order valence-corrected chi connectivity index (χ2v) is 8.70. The van der Waals surface area contributed by atoms with Crippen molar-refractivity contribution in [3.8, 4) is 11.5 Å². The molecule has 0 saturated heterocycles. The van der Waals surface area contributed by atoms with Gasteiger partial charge in [-0.25, -0.2) is 4.79 Å². The van der Waals surface area contributed by atoms with E-state index < -0.39 is 32.8 Å². The summed E-state index contributed by atoms with van der Waals surface area (Å²) in [5.74, 6) is 0.0982. The van der Waals surface area contributed by atoms with Gasteiger partial charge in [-0.1, -0.05) is 29.3 Å². The predicted octanol–water partition coefficient (Wildman–Crippen LogP) is 6.70. The second-order valence-electron chi connectivity index (χ2n) is 6.47. The first-order valence-electron chi connectivity index (χ1n) is 8.82. The van der Waals surface area contributed by atoms with Crippen molar-refractivity contribution >= 4 is 50.7 Å². The molecule has 7 nitrogen and oxygen atoms in total. The maximum Gasteiger partial charge on any atom is 0.416 e. The fourth-order valence-electron chi connectivity index (χ4n) is 2.63. The maximum absolute atomic E-state index is 12.8. The Balaban J connectivity index is 1.83. The summed E-state index contributed by atoms with van der Waals surface area (Å²) in [6.07, 6.45) is -4.62. The topological polar surface area (TPSA) is 105 Å². The summed E-state index contributed by atoms with van der Waals surface area (Å²) >= 11 is 11.8. The van der Waals surface area contributed by atoms with Gasteiger partial charge in [0, 0.05) is 16.8 Å². The quantitative estimate of drug-likeness (QED) is 0.325. The molecule has 0 aliphatic heterocycles. The molecule has 0 aliphatic rings. The van der Waals surface area contributed by atoms with E-state index >= 15 is 0 Å². The monoisotopic (exact) mass is 520 g/mol. The number of hydrogen-bond donors (Lipinski definition) is 3. The Bertz CT molecular complexity index is 1320. The van der Waals surface area contributed by atoms with Crippen LogP contribution in [0.5, 0.6) is 11.5 Å². The van der Waals surface area contributed by atoms with Crippen LogP contribution in [0.4, 0.5) is 29.3 Å².